The van der Waals surface area contributed by atoms with Gasteiger partial charge in [-0.15, -0.1) is 23.5 Å². The largest absolute Gasteiger partial charge is 0.464 e. The van der Waals surface area contributed by atoms with Crippen molar-refractivity contribution in [2.24, 2.45) is 5.16 Å². The first kappa shape index (κ1) is 26.2. The van der Waals surface area contributed by atoms with Crippen molar-refractivity contribution in [3.05, 3.63) is 70.9 Å². The number of rotatable bonds is 12. The zero-order valence-electron chi connectivity index (χ0n) is 19.6. The summed E-state index contributed by atoms with van der Waals surface area (Å²) in [5.74, 6) is 0.659. The van der Waals surface area contributed by atoms with Crippen LogP contribution in [-0.4, -0.2) is 65.4 Å². The zero-order chi connectivity index (χ0) is 24.5. The second kappa shape index (κ2) is 12.9. The van der Waals surface area contributed by atoms with Crippen molar-refractivity contribution in [3.8, 4) is 0 Å². The van der Waals surface area contributed by atoms with Crippen LogP contribution in [0.15, 0.2) is 53.7 Å². The van der Waals surface area contributed by atoms with Crippen LogP contribution < -0.4 is 0 Å². The molecule has 0 saturated heterocycles. The summed E-state index contributed by atoms with van der Waals surface area (Å²) in [4.78, 5) is 17.3. The van der Waals surface area contributed by atoms with Crippen molar-refractivity contribution < 1.29 is 24.6 Å². The number of thioether (sulfide) groups is 2. The Morgan fingerprint density at radius 2 is 1.68 bits per heavy atom. The smallest absolute Gasteiger partial charge is 0.360 e. The summed E-state index contributed by atoms with van der Waals surface area (Å²) in [7, 11) is 2.72. The van der Waals surface area contributed by atoms with Gasteiger partial charge in [0.15, 0.2) is 5.71 Å². The van der Waals surface area contributed by atoms with E-state index in [4.69, 9.17) is 9.57 Å². The summed E-state index contributed by atoms with van der Waals surface area (Å²) >= 11 is 3.35. The minimum Gasteiger partial charge on any atom is -0.464 e. The molecular weight excluding hydrogens is 472 g/mol. The number of fused-ring (bicyclic) bond motifs is 1. The van der Waals surface area contributed by atoms with Crippen molar-refractivity contribution in [2.75, 3.05) is 38.9 Å². The molecule has 2 aromatic carbocycles. The van der Waals surface area contributed by atoms with Gasteiger partial charge in [-0.05, 0) is 18.6 Å². The van der Waals surface area contributed by atoms with Crippen molar-refractivity contribution in [3.63, 3.8) is 0 Å². The highest BCUT2D eigenvalue weighted by molar-refractivity contribution is 8.16. The highest BCUT2D eigenvalue weighted by Gasteiger charge is 2.24. The molecule has 0 aliphatic carbocycles. The number of oxime groups is 1. The molecule has 0 fully saturated rings. The van der Waals surface area contributed by atoms with Crippen LogP contribution in [0.3, 0.4) is 0 Å². The third-order valence-electron chi connectivity index (χ3n) is 5.40. The lowest BCUT2D eigenvalue weighted by Gasteiger charge is -2.17. The standard InChI is InChI=1S/C25H30N2O5S2/c1-17-22(25(33-14-12-28)34-15-13-29)20-10-6-7-11-21(20)27(17)16-18-8-4-5-9-19(18)23(26-32-3)24(30)31-2/h4-11,25,28-29H,12-16H2,1-3H3/b26-23+. The van der Waals surface area contributed by atoms with E-state index in [1.807, 2.05) is 36.4 Å². The van der Waals surface area contributed by atoms with Crippen molar-refractivity contribution >= 4 is 46.1 Å². The van der Waals surface area contributed by atoms with Gasteiger partial charge in [-0.2, -0.15) is 0 Å². The summed E-state index contributed by atoms with van der Waals surface area (Å²) in [5, 5.41) is 23.9. The van der Waals surface area contributed by atoms with E-state index in [0.717, 1.165) is 22.2 Å². The molecule has 0 saturated carbocycles. The summed E-state index contributed by atoms with van der Waals surface area (Å²) in [6, 6.07) is 15.8. The average molecular weight is 503 g/mol. The van der Waals surface area contributed by atoms with Crippen LogP contribution in [0.4, 0.5) is 0 Å². The molecule has 0 atom stereocenters. The molecule has 1 heterocycles. The van der Waals surface area contributed by atoms with Crippen LogP contribution in [0, 0.1) is 6.92 Å². The molecular formula is C25H30N2O5S2. The van der Waals surface area contributed by atoms with E-state index >= 15 is 0 Å². The number of aliphatic hydroxyl groups is 2. The second-order valence-electron chi connectivity index (χ2n) is 7.39. The monoisotopic (exact) mass is 502 g/mol. The Labute approximate surface area is 208 Å². The molecule has 0 aliphatic heterocycles. The maximum Gasteiger partial charge on any atom is 0.360 e. The van der Waals surface area contributed by atoms with Gasteiger partial charge in [0.2, 0.25) is 0 Å². The number of esters is 1. The predicted octanol–water partition coefficient (Wildman–Crippen LogP) is 3.97. The van der Waals surface area contributed by atoms with Gasteiger partial charge < -0.3 is 24.4 Å². The second-order valence-corrected chi connectivity index (χ2v) is 10.1. The molecule has 7 nitrogen and oxygen atoms in total. The molecule has 34 heavy (non-hydrogen) atoms. The quantitative estimate of drug-likeness (QED) is 0.168. The number of nitrogens with zero attached hydrogens (tertiary/aromatic N) is 2. The van der Waals surface area contributed by atoms with Crippen LogP contribution in [-0.2, 0) is 20.9 Å². The van der Waals surface area contributed by atoms with Crippen molar-refractivity contribution in [2.45, 2.75) is 18.1 Å². The summed E-state index contributed by atoms with van der Waals surface area (Å²) in [6.45, 7) is 2.81. The van der Waals surface area contributed by atoms with Gasteiger partial charge >= 0.3 is 5.97 Å². The number of hydrogen-bond donors (Lipinski definition) is 2. The number of para-hydroxylation sites is 1. The van der Waals surface area contributed by atoms with Crippen LogP contribution in [0.25, 0.3) is 10.9 Å². The van der Waals surface area contributed by atoms with Crippen LogP contribution in [0.5, 0.6) is 0 Å². The summed E-state index contributed by atoms with van der Waals surface area (Å²) in [6.07, 6.45) is 0. The molecule has 3 aromatic rings. The fraction of sp³-hybridized carbons (Fsp3) is 0.360. The number of carbonyl (C=O) groups excluding carboxylic acids is 1. The number of hydrogen-bond acceptors (Lipinski definition) is 8. The molecule has 182 valence electrons. The third kappa shape index (κ3) is 5.78. The summed E-state index contributed by atoms with van der Waals surface area (Å²) in [5.41, 5.74) is 5.03. The average Bonchev–Trinajstić information content (AvgIpc) is 3.14. The summed E-state index contributed by atoms with van der Waals surface area (Å²) < 4.78 is 7.23. The Morgan fingerprint density at radius 1 is 1.03 bits per heavy atom. The molecule has 0 aliphatic rings. The first-order valence-corrected chi connectivity index (χ1v) is 13.0. The maximum atomic E-state index is 12.4. The molecule has 1 aromatic heterocycles. The predicted molar refractivity (Wildman–Crippen MR) is 140 cm³/mol. The first-order valence-electron chi connectivity index (χ1n) is 10.9. The van der Waals surface area contributed by atoms with E-state index in [1.165, 1.54) is 19.8 Å². The van der Waals surface area contributed by atoms with Gasteiger partial charge in [-0.1, -0.05) is 47.6 Å². The van der Waals surface area contributed by atoms with E-state index in [0.29, 0.717) is 23.6 Å². The molecule has 0 unspecified atom stereocenters. The molecule has 0 spiro atoms. The van der Waals surface area contributed by atoms with Gasteiger partial charge in [0.05, 0.1) is 24.9 Å². The fourth-order valence-electron chi connectivity index (χ4n) is 3.94. The van der Waals surface area contributed by atoms with Crippen LogP contribution in [0.2, 0.25) is 0 Å². The lowest BCUT2D eigenvalue weighted by Crippen LogP contribution is -2.20. The van der Waals surface area contributed by atoms with Gasteiger partial charge in [0.25, 0.3) is 0 Å². The number of carbonyl (C=O) groups is 1. The number of benzene rings is 2. The molecule has 0 radical (unpaired) electrons. The zero-order valence-corrected chi connectivity index (χ0v) is 21.2. The maximum absolute atomic E-state index is 12.4. The van der Waals surface area contributed by atoms with E-state index in [-0.39, 0.29) is 23.5 Å². The lowest BCUT2D eigenvalue weighted by atomic mass is 10.0. The Kier molecular flexibility index (Phi) is 9.88. The van der Waals surface area contributed by atoms with Gasteiger partial charge in [-0.3, -0.25) is 0 Å². The Hall–Kier alpha value is -2.46. The minimum absolute atomic E-state index is 0.0707. The Bertz CT molecular complexity index is 1140. The van der Waals surface area contributed by atoms with Crippen LogP contribution in [0.1, 0.15) is 27.0 Å². The normalized spacial score (nSPS) is 11.9. The minimum atomic E-state index is -0.565. The number of ether oxygens (including phenoxy) is 1. The topological polar surface area (TPSA) is 93.3 Å². The fourth-order valence-corrected chi connectivity index (χ4v) is 6.47. The van der Waals surface area contributed by atoms with Crippen LogP contribution >= 0.6 is 23.5 Å². The third-order valence-corrected chi connectivity index (χ3v) is 8.13. The SMILES string of the molecule is CO/N=C(/C(=O)OC)c1ccccc1Cn1c(C)c(C(SCCO)SCCO)c2ccccc21. The van der Waals surface area contributed by atoms with Gasteiger partial charge in [0.1, 0.15) is 7.11 Å². The molecule has 3 rings (SSSR count). The number of aromatic nitrogens is 1. The van der Waals surface area contributed by atoms with Gasteiger partial charge in [0, 0.05) is 45.8 Å². The van der Waals surface area contributed by atoms with E-state index in [9.17, 15) is 15.0 Å². The Balaban J connectivity index is 2.12. The molecule has 2 N–H and O–H groups in total. The van der Waals surface area contributed by atoms with Gasteiger partial charge in [-0.25, -0.2) is 4.79 Å². The lowest BCUT2D eigenvalue weighted by molar-refractivity contribution is -0.132. The van der Waals surface area contributed by atoms with Crippen molar-refractivity contribution in [1.29, 1.82) is 0 Å². The number of aliphatic hydroxyl groups excluding tert-OH is 2. The molecule has 0 amide bonds. The highest BCUT2D eigenvalue weighted by Crippen LogP contribution is 2.45. The van der Waals surface area contributed by atoms with E-state index in [1.54, 1.807) is 23.5 Å². The van der Waals surface area contributed by atoms with E-state index in [2.05, 4.69) is 28.8 Å². The Morgan fingerprint density at radius 3 is 2.32 bits per heavy atom. The molecule has 0 bridgehead atoms. The molecule has 9 heteroatoms. The highest BCUT2D eigenvalue weighted by atomic mass is 32.2. The number of methoxy groups -OCH3 is 1. The first-order chi connectivity index (χ1) is 16.6. The van der Waals surface area contributed by atoms with E-state index < -0.39 is 5.97 Å². The van der Waals surface area contributed by atoms with Crippen molar-refractivity contribution in [1.82, 2.24) is 4.57 Å².